The minimum Gasteiger partial charge on any atom is -0.497 e. The third kappa shape index (κ3) is 10.4. The molecule has 3 amide bonds. The predicted octanol–water partition coefficient (Wildman–Crippen LogP) is 1.99. The number of β-lactam (4-membered cyclic amide) rings is 1. The molecule has 0 radical (unpaired) electrons. The molecule has 1 unspecified atom stereocenters. The number of nitrogens with zero attached hydrogens (tertiary/aromatic N) is 5. The number of hydrogen-bond acceptors (Lipinski definition) is 15. The third-order valence-electron chi connectivity index (χ3n) is 7.75. The highest BCUT2D eigenvalue weighted by molar-refractivity contribution is 8.01. The number of aliphatic carboxylic acids is 2. The van der Waals surface area contributed by atoms with E-state index in [2.05, 4.69) is 26.2 Å². The van der Waals surface area contributed by atoms with Crippen molar-refractivity contribution >= 4 is 59.3 Å². The van der Waals surface area contributed by atoms with Crippen LogP contribution in [0.25, 0.3) is 0 Å². The fourth-order valence-electron chi connectivity index (χ4n) is 5.31. The Bertz CT molecular complexity index is 1960. The van der Waals surface area contributed by atoms with Crippen molar-refractivity contribution in [2.45, 2.75) is 62.1 Å². The van der Waals surface area contributed by atoms with Crippen LogP contribution >= 0.6 is 23.5 Å². The van der Waals surface area contributed by atoms with Crippen molar-refractivity contribution in [1.82, 2.24) is 35.7 Å². The molecule has 55 heavy (non-hydrogen) atoms. The monoisotopic (exact) mass is 799 g/mol. The van der Waals surface area contributed by atoms with Crippen molar-refractivity contribution in [3.63, 3.8) is 0 Å². The summed E-state index contributed by atoms with van der Waals surface area (Å²) in [6, 6.07) is 10.2. The minimum absolute atomic E-state index is 0.0459. The maximum absolute atomic E-state index is 13.8. The number of hydrogen-bond donors (Lipinski definition) is 4. The lowest BCUT2D eigenvalue weighted by Crippen LogP contribution is -2.71. The number of fused-ring (bicyclic) bond motifs is 1. The van der Waals surface area contributed by atoms with Crippen LogP contribution in [0.2, 0.25) is 0 Å². The van der Waals surface area contributed by atoms with Gasteiger partial charge >= 0.3 is 24.0 Å². The predicted molar refractivity (Wildman–Crippen MR) is 193 cm³/mol. The first-order chi connectivity index (χ1) is 26.1. The maximum Gasteiger partial charge on any atom is 0.408 e. The second-order valence-corrected chi connectivity index (χ2v) is 14.9. The Morgan fingerprint density at radius 2 is 1.73 bits per heavy atom. The van der Waals surface area contributed by atoms with Gasteiger partial charge in [0.05, 0.1) is 7.11 Å². The number of tetrazole rings is 1. The molecule has 5 rings (SSSR count). The molecule has 21 heteroatoms. The highest BCUT2D eigenvalue weighted by Gasteiger charge is 2.54. The Morgan fingerprint density at radius 1 is 1.04 bits per heavy atom. The first-order valence-corrected chi connectivity index (χ1v) is 18.5. The molecule has 0 saturated carbocycles. The van der Waals surface area contributed by atoms with E-state index >= 15 is 0 Å². The summed E-state index contributed by atoms with van der Waals surface area (Å²) >= 11 is 2.23. The molecule has 2 aliphatic heterocycles. The van der Waals surface area contributed by atoms with Gasteiger partial charge in [0.2, 0.25) is 11.1 Å². The zero-order chi connectivity index (χ0) is 39.9. The van der Waals surface area contributed by atoms with Crippen LogP contribution in [0, 0.1) is 0 Å². The number of benzene rings is 2. The van der Waals surface area contributed by atoms with Crippen molar-refractivity contribution in [3.8, 4) is 11.5 Å². The zero-order valence-electron chi connectivity index (χ0n) is 29.9. The van der Waals surface area contributed by atoms with Crippen molar-refractivity contribution in [1.29, 1.82) is 0 Å². The van der Waals surface area contributed by atoms with Crippen LogP contribution in [0.15, 0.2) is 65.0 Å². The average molecular weight is 800 g/mol. The zero-order valence-corrected chi connectivity index (χ0v) is 31.5. The Labute approximate surface area is 322 Å². The van der Waals surface area contributed by atoms with Gasteiger partial charge in [0.25, 0.3) is 5.91 Å². The van der Waals surface area contributed by atoms with E-state index in [0.29, 0.717) is 16.9 Å². The van der Waals surface area contributed by atoms with E-state index in [1.165, 1.54) is 43.1 Å². The molecule has 1 saturated heterocycles. The van der Waals surface area contributed by atoms with E-state index in [9.17, 15) is 33.9 Å². The summed E-state index contributed by atoms with van der Waals surface area (Å²) in [7, 11) is 1.52. The third-order valence-corrected chi connectivity index (χ3v) is 10.1. The standard InChI is InChI=1S/C34H37N7O12S2/c1-34(2,3)53-24(44)15-51-22-11-7-19(8-12-22)25(36-33(49)52-14-18-5-9-21(50-4)10-6-18)28(45)35-26-29(46)41-27(31(47)48)20(16-54-30(26)41)17-55-32-37-38-39-40(32)13-23(42)43/h5-12,25-26,30H,13-17H2,1-4H3,(H,35,45)(H,36,49)(H,42,43)(H,47,48)/t25?,26-,30-/m1/s1. The van der Waals surface area contributed by atoms with Crippen molar-refractivity contribution in [2.75, 3.05) is 25.2 Å². The number of thioether (sulfide) groups is 2. The second kappa shape index (κ2) is 17.5. The molecule has 4 N–H and O–H groups in total. The summed E-state index contributed by atoms with van der Waals surface area (Å²) in [4.78, 5) is 77.0. The topological polar surface area (TPSA) is 251 Å². The van der Waals surface area contributed by atoms with Crippen LogP contribution < -0.4 is 20.1 Å². The van der Waals surface area contributed by atoms with Gasteiger partial charge in [0.15, 0.2) is 6.61 Å². The fraction of sp³-hybridized carbons (Fsp3) is 0.382. The van der Waals surface area contributed by atoms with Gasteiger partial charge in [-0.05, 0) is 72.2 Å². The Morgan fingerprint density at radius 3 is 2.36 bits per heavy atom. The Kier molecular flexibility index (Phi) is 12.9. The molecule has 3 heterocycles. The van der Waals surface area contributed by atoms with E-state index in [0.717, 1.165) is 21.3 Å². The van der Waals surface area contributed by atoms with Crippen LogP contribution in [-0.2, 0) is 46.6 Å². The second-order valence-electron chi connectivity index (χ2n) is 12.9. The normalized spacial score (nSPS) is 16.9. The number of nitrogens with one attached hydrogen (secondary N) is 2. The molecule has 292 valence electrons. The number of ether oxygens (including phenoxy) is 4. The minimum atomic E-state index is -1.38. The van der Waals surface area contributed by atoms with Gasteiger partial charge in [-0.15, -0.1) is 16.9 Å². The molecular formula is C34H37N7O12S2. The number of amides is 3. The number of carboxylic acid groups (broad SMARTS) is 2. The van der Waals surface area contributed by atoms with Gasteiger partial charge in [0.1, 0.15) is 53.4 Å². The molecule has 2 aromatic carbocycles. The summed E-state index contributed by atoms with van der Waals surface area (Å²) in [5.74, 6) is -3.48. The molecule has 0 aliphatic carbocycles. The number of carbonyl (C=O) groups excluding carboxylic acids is 4. The number of carboxylic acids is 2. The van der Waals surface area contributed by atoms with Gasteiger partial charge in [-0.2, -0.15) is 0 Å². The van der Waals surface area contributed by atoms with Gasteiger partial charge in [-0.25, -0.2) is 19.1 Å². The van der Waals surface area contributed by atoms with E-state index in [1.54, 1.807) is 45.0 Å². The lowest BCUT2D eigenvalue weighted by molar-refractivity contribution is -0.157. The lowest BCUT2D eigenvalue weighted by atomic mass is 10.0. The van der Waals surface area contributed by atoms with E-state index in [-0.39, 0.29) is 46.9 Å². The van der Waals surface area contributed by atoms with Crippen molar-refractivity contribution in [2.24, 2.45) is 0 Å². The number of alkyl carbamates (subject to hydrolysis) is 1. The highest BCUT2D eigenvalue weighted by atomic mass is 32.2. The van der Waals surface area contributed by atoms with Crippen LogP contribution in [0.5, 0.6) is 11.5 Å². The molecule has 1 fully saturated rings. The maximum atomic E-state index is 13.8. The number of methoxy groups -OCH3 is 1. The number of rotatable bonds is 16. The number of carbonyl (C=O) groups is 6. The number of aromatic nitrogens is 4. The van der Waals surface area contributed by atoms with Crippen molar-refractivity contribution in [3.05, 3.63) is 70.9 Å². The summed E-state index contributed by atoms with van der Waals surface area (Å²) in [6.45, 7) is 4.18. The van der Waals surface area contributed by atoms with Crippen LogP contribution in [0.3, 0.4) is 0 Å². The van der Waals surface area contributed by atoms with E-state index in [1.807, 2.05) is 0 Å². The molecule has 19 nitrogen and oxygen atoms in total. The highest BCUT2D eigenvalue weighted by Crippen LogP contribution is 2.41. The quantitative estimate of drug-likeness (QED) is 0.0918. The molecule has 1 aromatic heterocycles. The SMILES string of the molecule is COc1ccc(COC(=O)NC(C(=O)N[C@@H]2C(=O)N3C(C(=O)O)=C(CSc4nnnn4CC(=O)O)CS[C@H]23)c2ccc(OCC(=O)OC(C)(C)C)cc2)cc1. The first kappa shape index (κ1) is 40.4. The van der Waals surface area contributed by atoms with E-state index < -0.39 is 65.4 Å². The summed E-state index contributed by atoms with van der Waals surface area (Å²) in [5, 5.41) is 34.6. The largest absolute Gasteiger partial charge is 0.497 e. The molecule has 2 aliphatic rings. The molecule has 0 spiro atoms. The first-order valence-electron chi connectivity index (χ1n) is 16.5. The molecular weight excluding hydrogens is 763 g/mol. The van der Waals surface area contributed by atoms with Gasteiger partial charge in [-0.3, -0.25) is 19.3 Å². The van der Waals surface area contributed by atoms with Crippen molar-refractivity contribution < 1.29 is 57.9 Å². The lowest BCUT2D eigenvalue weighted by Gasteiger charge is -2.49. The van der Waals surface area contributed by atoms with Crippen LogP contribution in [0.1, 0.15) is 37.9 Å². The summed E-state index contributed by atoms with van der Waals surface area (Å²) in [5.41, 5.74) is 0.333. The summed E-state index contributed by atoms with van der Waals surface area (Å²) < 4.78 is 22.3. The Balaban J connectivity index is 1.28. The van der Waals surface area contributed by atoms with Gasteiger partial charge in [-0.1, -0.05) is 36.0 Å². The van der Waals surface area contributed by atoms with Crippen LogP contribution in [-0.4, -0.2) is 113 Å². The Hall–Kier alpha value is -5.83. The smallest absolute Gasteiger partial charge is 0.408 e. The van der Waals surface area contributed by atoms with E-state index in [4.69, 9.17) is 24.1 Å². The molecule has 3 atom stereocenters. The number of esters is 1. The van der Waals surface area contributed by atoms with Gasteiger partial charge < -0.3 is 39.8 Å². The molecule has 0 bridgehead atoms. The molecule has 3 aromatic rings. The van der Waals surface area contributed by atoms with Crippen LogP contribution in [0.4, 0.5) is 4.79 Å². The average Bonchev–Trinajstić information content (AvgIpc) is 3.58. The van der Waals surface area contributed by atoms with Gasteiger partial charge in [0, 0.05) is 11.5 Å². The fourth-order valence-corrected chi connectivity index (χ4v) is 7.67. The summed E-state index contributed by atoms with van der Waals surface area (Å²) in [6.07, 6.45) is -0.942.